The summed E-state index contributed by atoms with van der Waals surface area (Å²) in [6, 6.07) is 2.75. The van der Waals surface area contributed by atoms with Gasteiger partial charge in [-0.2, -0.15) is 0 Å². The minimum absolute atomic E-state index is 0.253. The van der Waals surface area contributed by atoms with Crippen molar-refractivity contribution in [2.75, 3.05) is 33.5 Å². The first-order valence-corrected chi connectivity index (χ1v) is 8.79. The van der Waals surface area contributed by atoms with Gasteiger partial charge in [0.15, 0.2) is 18.1 Å². The number of nitrogens with one attached hydrogen (secondary N) is 2. The molecule has 0 bridgehead atoms. The van der Waals surface area contributed by atoms with E-state index in [4.69, 9.17) is 18.9 Å². The van der Waals surface area contributed by atoms with E-state index in [1.165, 1.54) is 13.2 Å². The van der Waals surface area contributed by atoms with Gasteiger partial charge in [0.25, 0.3) is 5.91 Å². The number of benzene rings is 1. The lowest BCUT2D eigenvalue weighted by atomic mass is 10.1. The molecule has 1 aliphatic rings. The van der Waals surface area contributed by atoms with Gasteiger partial charge in [-0.15, -0.1) is 0 Å². The van der Waals surface area contributed by atoms with Crippen molar-refractivity contribution in [2.24, 2.45) is 5.92 Å². The third-order valence-electron chi connectivity index (χ3n) is 3.53. The molecule has 1 aliphatic heterocycles. The van der Waals surface area contributed by atoms with E-state index in [0.717, 1.165) is 6.08 Å². The molecule has 28 heavy (non-hydrogen) atoms. The van der Waals surface area contributed by atoms with Crippen molar-refractivity contribution in [3.8, 4) is 17.2 Å². The van der Waals surface area contributed by atoms with Gasteiger partial charge < -0.3 is 24.3 Å². The molecule has 0 spiro atoms. The van der Waals surface area contributed by atoms with Gasteiger partial charge in [0.2, 0.25) is 5.75 Å². The molecule has 9 heteroatoms. The van der Waals surface area contributed by atoms with Crippen LogP contribution in [0.2, 0.25) is 0 Å². The van der Waals surface area contributed by atoms with E-state index in [0.29, 0.717) is 42.6 Å². The Labute approximate surface area is 163 Å². The molecule has 1 aromatic carbocycles. The number of carbonyl (C=O) groups excluding carboxylic acids is 3. The molecular weight excluding hydrogens is 368 g/mol. The quantitative estimate of drug-likeness (QED) is 0.534. The zero-order valence-corrected chi connectivity index (χ0v) is 16.1. The number of ether oxygens (including phenoxy) is 4. The van der Waals surface area contributed by atoms with Crippen molar-refractivity contribution in [1.82, 2.24) is 10.6 Å². The van der Waals surface area contributed by atoms with E-state index < -0.39 is 24.5 Å². The van der Waals surface area contributed by atoms with Crippen LogP contribution in [0, 0.1) is 5.92 Å². The smallest absolute Gasteiger partial charge is 0.331 e. The number of amides is 3. The van der Waals surface area contributed by atoms with Crippen LogP contribution in [0.4, 0.5) is 4.79 Å². The van der Waals surface area contributed by atoms with Crippen LogP contribution in [-0.2, 0) is 14.3 Å². The monoisotopic (exact) mass is 392 g/mol. The first-order valence-electron chi connectivity index (χ1n) is 8.79. The number of urea groups is 1. The van der Waals surface area contributed by atoms with Crippen LogP contribution in [0.15, 0.2) is 18.2 Å². The number of imide groups is 1. The molecule has 0 aliphatic carbocycles. The number of esters is 1. The van der Waals surface area contributed by atoms with Crippen LogP contribution >= 0.6 is 0 Å². The fraction of sp³-hybridized carbons (Fsp3) is 0.421. The van der Waals surface area contributed by atoms with Gasteiger partial charge >= 0.3 is 12.0 Å². The Morgan fingerprint density at radius 3 is 2.68 bits per heavy atom. The normalized spacial score (nSPS) is 12.6. The van der Waals surface area contributed by atoms with E-state index >= 15 is 0 Å². The fourth-order valence-electron chi connectivity index (χ4n) is 2.24. The number of hydrogen-bond acceptors (Lipinski definition) is 7. The molecule has 9 nitrogen and oxygen atoms in total. The number of fused-ring (bicyclic) bond motifs is 1. The SMILES string of the molecule is COc1cc(/C=C/C(=O)OCC(=O)NC(=O)NCC(C)C)cc2c1OCCO2. The van der Waals surface area contributed by atoms with Crippen molar-refractivity contribution in [3.05, 3.63) is 23.8 Å². The summed E-state index contributed by atoms with van der Waals surface area (Å²) in [5, 5.41) is 4.60. The lowest BCUT2D eigenvalue weighted by molar-refractivity contribution is -0.143. The average Bonchev–Trinajstić information content (AvgIpc) is 2.68. The molecule has 0 saturated heterocycles. The van der Waals surface area contributed by atoms with Gasteiger partial charge in [-0.1, -0.05) is 13.8 Å². The Morgan fingerprint density at radius 1 is 1.21 bits per heavy atom. The third-order valence-corrected chi connectivity index (χ3v) is 3.53. The van der Waals surface area contributed by atoms with Crippen LogP contribution in [0.25, 0.3) is 6.08 Å². The Hall–Kier alpha value is -3.23. The molecule has 2 rings (SSSR count). The first kappa shape index (κ1) is 21.1. The summed E-state index contributed by atoms with van der Waals surface area (Å²) < 4.78 is 21.1. The molecule has 3 amide bonds. The van der Waals surface area contributed by atoms with E-state index in [2.05, 4.69) is 10.6 Å². The summed E-state index contributed by atoms with van der Waals surface area (Å²) in [7, 11) is 1.51. The fourth-order valence-corrected chi connectivity index (χ4v) is 2.24. The minimum atomic E-state index is -0.730. The van der Waals surface area contributed by atoms with Crippen LogP contribution in [-0.4, -0.2) is 51.4 Å². The molecule has 0 atom stereocenters. The zero-order chi connectivity index (χ0) is 20.5. The summed E-state index contributed by atoms with van der Waals surface area (Å²) in [6.07, 6.45) is 2.66. The lowest BCUT2D eigenvalue weighted by Gasteiger charge is -2.20. The molecule has 152 valence electrons. The highest BCUT2D eigenvalue weighted by molar-refractivity contribution is 5.96. The van der Waals surface area contributed by atoms with Gasteiger partial charge in [-0.25, -0.2) is 9.59 Å². The van der Waals surface area contributed by atoms with Gasteiger partial charge in [-0.3, -0.25) is 10.1 Å². The molecule has 1 aromatic rings. The summed E-state index contributed by atoms with van der Waals surface area (Å²) in [4.78, 5) is 34.8. The maximum absolute atomic E-state index is 11.8. The Balaban J connectivity index is 1.85. The molecule has 0 saturated carbocycles. The second kappa shape index (κ2) is 10.2. The van der Waals surface area contributed by atoms with E-state index in [9.17, 15) is 14.4 Å². The summed E-state index contributed by atoms with van der Waals surface area (Å²) in [5.41, 5.74) is 0.635. The topological polar surface area (TPSA) is 112 Å². The third kappa shape index (κ3) is 6.49. The van der Waals surface area contributed by atoms with Crippen molar-refractivity contribution in [1.29, 1.82) is 0 Å². The summed E-state index contributed by atoms with van der Waals surface area (Å²) >= 11 is 0. The highest BCUT2D eigenvalue weighted by Gasteiger charge is 2.18. The molecule has 2 N–H and O–H groups in total. The second-order valence-electron chi connectivity index (χ2n) is 6.34. The second-order valence-corrected chi connectivity index (χ2v) is 6.34. The van der Waals surface area contributed by atoms with E-state index in [1.54, 1.807) is 12.1 Å². The molecule has 0 radical (unpaired) electrons. The van der Waals surface area contributed by atoms with Crippen LogP contribution in [0.5, 0.6) is 17.2 Å². The molecular formula is C19H24N2O7. The number of rotatable bonds is 7. The number of carbonyl (C=O) groups is 3. The highest BCUT2D eigenvalue weighted by Crippen LogP contribution is 2.40. The maximum atomic E-state index is 11.8. The summed E-state index contributed by atoms with van der Waals surface area (Å²) in [6.45, 7) is 4.57. The van der Waals surface area contributed by atoms with Crippen LogP contribution in [0.1, 0.15) is 19.4 Å². The Morgan fingerprint density at radius 2 is 1.96 bits per heavy atom. The van der Waals surface area contributed by atoms with Crippen molar-refractivity contribution < 1.29 is 33.3 Å². The summed E-state index contributed by atoms with van der Waals surface area (Å²) in [5.74, 6) is 0.321. The molecule has 0 unspecified atom stereocenters. The number of hydrogen-bond donors (Lipinski definition) is 2. The minimum Gasteiger partial charge on any atom is -0.493 e. The zero-order valence-electron chi connectivity index (χ0n) is 16.1. The predicted octanol–water partition coefficient (Wildman–Crippen LogP) is 1.50. The molecule has 0 fully saturated rings. The average molecular weight is 392 g/mol. The Kier molecular flexibility index (Phi) is 7.67. The standard InChI is InChI=1S/C19H24N2O7/c1-12(2)10-20-19(24)21-16(22)11-28-17(23)5-4-13-8-14(25-3)18-15(9-13)26-6-7-27-18/h4-5,8-9,12H,6-7,10-11H2,1-3H3,(H2,20,21,22,24)/b5-4+. The van der Waals surface area contributed by atoms with Crippen molar-refractivity contribution >= 4 is 24.0 Å². The van der Waals surface area contributed by atoms with Crippen molar-refractivity contribution in [3.63, 3.8) is 0 Å². The lowest BCUT2D eigenvalue weighted by Crippen LogP contribution is -2.42. The first-order chi connectivity index (χ1) is 13.4. The van der Waals surface area contributed by atoms with Gasteiger partial charge in [0, 0.05) is 12.6 Å². The maximum Gasteiger partial charge on any atom is 0.331 e. The largest absolute Gasteiger partial charge is 0.493 e. The molecule has 0 aromatic heterocycles. The van der Waals surface area contributed by atoms with E-state index in [-0.39, 0.29) is 5.92 Å². The highest BCUT2D eigenvalue weighted by atomic mass is 16.6. The van der Waals surface area contributed by atoms with Crippen molar-refractivity contribution in [2.45, 2.75) is 13.8 Å². The van der Waals surface area contributed by atoms with E-state index in [1.807, 2.05) is 13.8 Å². The van der Waals surface area contributed by atoms with Gasteiger partial charge in [-0.05, 0) is 29.7 Å². The Bertz CT molecular complexity index is 742. The van der Waals surface area contributed by atoms with Crippen LogP contribution < -0.4 is 24.8 Å². The number of methoxy groups -OCH3 is 1. The van der Waals surface area contributed by atoms with Gasteiger partial charge in [0.1, 0.15) is 13.2 Å². The van der Waals surface area contributed by atoms with Gasteiger partial charge in [0.05, 0.1) is 7.11 Å². The predicted molar refractivity (Wildman–Crippen MR) is 100 cm³/mol. The van der Waals surface area contributed by atoms with Crippen LogP contribution in [0.3, 0.4) is 0 Å². The molecule has 1 heterocycles.